The Morgan fingerprint density at radius 3 is 2.50 bits per heavy atom. The van der Waals surface area contributed by atoms with E-state index in [4.69, 9.17) is 16.2 Å². The number of hydrogen-bond donors (Lipinski definition) is 3. The largest absolute Gasteiger partial charge is 0.396 e. The van der Waals surface area contributed by atoms with Crippen molar-refractivity contribution >= 4 is 5.71 Å². The zero-order chi connectivity index (χ0) is 6.41. The molecule has 0 aliphatic carbocycles. The first-order chi connectivity index (χ1) is 3.81. The summed E-state index contributed by atoms with van der Waals surface area (Å²) in [5, 5.41) is 15.3. The Bertz CT molecular complexity index is 64.8. The molecule has 0 atom stereocenters. The van der Waals surface area contributed by atoms with Crippen molar-refractivity contribution in [1.82, 2.24) is 0 Å². The number of aliphatic hydroxyl groups is 1. The number of aliphatic hydroxyl groups excluding tert-OH is 1. The Kier molecular flexibility index (Phi) is 4.50. The van der Waals surface area contributed by atoms with Gasteiger partial charge in [-0.3, -0.25) is 0 Å². The van der Waals surface area contributed by atoms with Crippen LogP contribution in [0, 0.1) is 5.41 Å². The van der Waals surface area contributed by atoms with Crippen LogP contribution in [0.15, 0.2) is 0 Å². The van der Waals surface area contributed by atoms with E-state index in [9.17, 15) is 0 Å². The van der Waals surface area contributed by atoms with Crippen LogP contribution in [0.25, 0.3) is 0 Å². The molecule has 0 aliphatic rings. The maximum absolute atomic E-state index is 8.28. The van der Waals surface area contributed by atoms with Gasteiger partial charge in [-0.25, -0.2) is 0 Å². The predicted molar refractivity (Wildman–Crippen MR) is 33.1 cm³/mol. The summed E-state index contributed by atoms with van der Waals surface area (Å²) in [5.74, 6) is 0. The zero-order valence-electron chi connectivity index (χ0n) is 4.85. The fraction of sp³-hybridized carbons (Fsp3) is 0.800. The lowest BCUT2D eigenvalue weighted by Gasteiger charge is -1.95. The first-order valence-electron chi connectivity index (χ1n) is 2.68. The summed E-state index contributed by atoms with van der Waals surface area (Å²) in [6, 6.07) is 0. The van der Waals surface area contributed by atoms with Gasteiger partial charge < -0.3 is 16.2 Å². The van der Waals surface area contributed by atoms with Crippen LogP contribution in [0.3, 0.4) is 0 Å². The highest BCUT2D eigenvalue weighted by molar-refractivity contribution is 5.81. The molecule has 0 radical (unpaired) electrons. The van der Waals surface area contributed by atoms with Gasteiger partial charge in [0.05, 0.1) is 0 Å². The molecule has 0 fully saturated rings. The van der Waals surface area contributed by atoms with Crippen molar-refractivity contribution in [2.45, 2.75) is 12.8 Å². The topological polar surface area (TPSA) is 70.1 Å². The van der Waals surface area contributed by atoms with Gasteiger partial charge in [-0.05, 0) is 13.0 Å². The highest BCUT2D eigenvalue weighted by Gasteiger charge is 1.91. The highest BCUT2D eigenvalue weighted by Crippen LogP contribution is 1.85. The molecule has 48 valence electrons. The van der Waals surface area contributed by atoms with Crippen LogP contribution < -0.4 is 5.73 Å². The average Bonchev–Trinajstić information content (AvgIpc) is 1.68. The summed E-state index contributed by atoms with van der Waals surface area (Å²) in [4.78, 5) is 0. The molecule has 0 rings (SSSR count). The summed E-state index contributed by atoms with van der Waals surface area (Å²) in [7, 11) is 0. The lowest BCUT2D eigenvalue weighted by molar-refractivity contribution is 0.306. The molecule has 0 aromatic rings. The molecule has 0 aromatic carbocycles. The van der Waals surface area contributed by atoms with Crippen LogP contribution in [-0.4, -0.2) is 24.0 Å². The first kappa shape index (κ1) is 7.59. The molecule has 0 amide bonds. The van der Waals surface area contributed by atoms with Crippen molar-refractivity contribution in [3.63, 3.8) is 0 Å². The molecule has 4 N–H and O–H groups in total. The van der Waals surface area contributed by atoms with Gasteiger partial charge in [-0.15, -0.1) is 0 Å². The van der Waals surface area contributed by atoms with Crippen LogP contribution in [0.2, 0.25) is 0 Å². The predicted octanol–water partition coefficient (Wildman–Crippen LogP) is -0.263. The third-order valence-electron chi connectivity index (χ3n) is 0.860. The molecule has 0 unspecified atom stereocenters. The first-order valence-corrected chi connectivity index (χ1v) is 2.68. The van der Waals surface area contributed by atoms with Crippen LogP contribution in [0.4, 0.5) is 0 Å². The minimum absolute atomic E-state index is 0.0683. The summed E-state index contributed by atoms with van der Waals surface area (Å²) < 4.78 is 0. The Labute approximate surface area is 49.0 Å². The maximum Gasteiger partial charge on any atom is 0.0483 e. The van der Waals surface area contributed by atoms with Crippen LogP contribution >= 0.6 is 0 Å². The molecular formula is C5H12N2O. The number of hydrogen-bond acceptors (Lipinski definition) is 3. The smallest absolute Gasteiger partial charge is 0.0483 e. The summed E-state index contributed by atoms with van der Waals surface area (Å²) in [5.41, 5.74) is 5.67. The second kappa shape index (κ2) is 4.74. The summed E-state index contributed by atoms with van der Waals surface area (Å²) in [6.07, 6.45) is 1.08. The highest BCUT2D eigenvalue weighted by atomic mass is 16.2. The van der Waals surface area contributed by atoms with Crippen molar-refractivity contribution in [3.05, 3.63) is 0 Å². The van der Waals surface area contributed by atoms with Gasteiger partial charge in [0.1, 0.15) is 0 Å². The van der Waals surface area contributed by atoms with E-state index in [0.29, 0.717) is 25.1 Å². The van der Waals surface area contributed by atoms with Crippen molar-refractivity contribution < 1.29 is 5.11 Å². The van der Waals surface area contributed by atoms with Gasteiger partial charge in [0.15, 0.2) is 0 Å². The molecule has 0 saturated heterocycles. The van der Waals surface area contributed by atoms with Crippen molar-refractivity contribution in [2.24, 2.45) is 5.73 Å². The second-order valence-corrected chi connectivity index (χ2v) is 1.62. The quantitative estimate of drug-likeness (QED) is 0.443. The van der Waals surface area contributed by atoms with Gasteiger partial charge in [-0.1, -0.05) is 0 Å². The average molecular weight is 116 g/mol. The standard InChI is InChI=1S/C5H12N2O/c6-3-1-5(7)2-4-8/h7-8H,1-4,6H2. The zero-order valence-corrected chi connectivity index (χ0v) is 4.85. The Morgan fingerprint density at radius 2 is 2.12 bits per heavy atom. The SMILES string of the molecule is N=C(CCN)CCO. The lowest BCUT2D eigenvalue weighted by Crippen LogP contribution is -2.07. The second-order valence-electron chi connectivity index (χ2n) is 1.62. The van der Waals surface area contributed by atoms with Crippen molar-refractivity contribution in [1.29, 1.82) is 5.41 Å². The van der Waals surface area contributed by atoms with Gasteiger partial charge >= 0.3 is 0 Å². The van der Waals surface area contributed by atoms with E-state index < -0.39 is 0 Å². The number of nitrogens with one attached hydrogen (secondary N) is 1. The molecule has 0 spiro atoms. The molecule has 0 saturated carbocycles. The van der Waals surface area contributed by atoms with E-state index in [1.54, 1.807) is 0 Å². The Hall–Kier alpha value is -0.410. The normalized spacial score (nSPS) is 9.25. The fourth-order valence-electron chi connectivity index (χ4n) is 0.434. The van der Waals surface area contributed by atoms with Crippen molar-refractivity contribution in [2.75, 3.05) is 13.2 Å². The monoisotopic (exact) mass is 116 g/mol. The molecule has 0 aromatic heterocycles. The van der Waals surface area contributed by atoms with E-state index in [1.165, 1.54) is 0 Å². The summed E-state index contributed by atoms with van der Waals surface area (Å²) in [6.45, 7) is 0.581. The van der Waals surface area contributed by atoms with E-state index in [-0.39, 0.29) is 6.61 Å². The van der Waals surface area contributed by atoms with Crippen LogP contribution in [-0.2, 0) is 0 Å². The van der Waals surface area contributed by atoms with E-state index in [1.807, 2.05) is 0 Å². The fourth-order valence-corrected chi connectivity index (χ4v) is 0.434. The summed E-state index contributed by atoms with van der Waals surface area (Å²) >= 11 is 0. The molecule has 3 heteroatoms. The Morgan fingerprint density at radius 1 is 1.50 bits per heavy atom. The van der Waals surface area contributed by atoms with E-state index >= 15 is 0 Å². The van der Waals surface area contributed by atoms with E-state index in [2.05, 4.69) is 0 Å². The molecule has 0 bridgehead atoms. The van der Waals surface area contributed by atoms with Gasteiger partial charge in [0, 0.05) is 18.7 Å². The van der Waals surface area contributed by atoms with Crippen LogP contribution in [0.5, 0.6) is 0 Å². The van der Waals surface area contributed by atoms with E-state index in [0.717, 1.165) is 0 Å². The third-order valence-corrected chi connectivity index (χ3v) is 0.860. The van der Waals surface area contributed by atoms with Crippen LogP contribution in [0.1, 0.15) is 12.8 Å². The molecule has 8 heavy (non-hydrogen) atoms. The van der Waals surface area contributed by atoms with Gasteiger partial charge in [-0.2, -0.15) is 0 Å². The number of nitrogens with two attached hydrogens (primary N) is 1. The lowest BCUT2D eigenvalue weighted by atomic mass is 10.2. The molecule has 0 heterocycles. The maximum atomic E-state index is 8.28. The minimum Gasteiger partial charge on any atom is -0.396 e. The van der Waals surface area contributed by atoms with Crippen molar-refractivity contribution in [3.8, 4) is 0 Å². The van der Waals surface area contributed by atoms with Gasteiger partial charge in [0.2, 0.25) is 0 Å². The number of rotatable bonds is 4. The Balaban J connectivity index is 3.06. The minimum atomic E-state index is 0.0683. The molecule has 0 aliphatic heterocycles. The third kappa shape index (κ3) is 3.77. The van der Waals surface area contributed by atoms with Gasteiger partial charge in [0.25, 0.3) is 0 Å². The molecular weight excluding hydrogens is 104 g/mol. The molecule has 3 nitrogen and oxygen atoms in total.